The summed E-state index contributed by atoms with van der Waals surface area (Å²) in [7, 11) is 0. The zero-order valence-corrected chi connectivity index (χ0v) is 29.5. The van der Waals surface area contributed by atoms with Crippen LogP contribution in [0.5, 0.6) is 0 Å². The highest BCUT2D eigenvalue weighted by atomic mass is 15.0. The van der Waals surface area contributed by atoms with Gasteiger partial charge in [-0.25, -0.2) is 15.0 Å². The average Bonchev–Trinajstić information content (AvgIpc) is 3.65. The molecule has 0 aliphatic carbocycles. The van der Waals surface area contributed by atoms with E-state index in [-0.39, 0.29) is 17.6 Å². The van der Waals surface area contributed by atoms with E-state index in [9.17, 15) is 0 Å². The standard InChI is InChI=1S/C51H34N4/c1-5-17-35(18-6-1)40-31-41(36-19-7-2-8-20-36)33-42(32-40)51-53-49(38-23-11-4-12-24-38)52-50(54-51)39-29-30-43(37-21-9-3-10-22-37)48(34-39)55-46-27-15-13-25-44(46)45-26-14-16-28-47(45)55/h1-34H/i3D,9D,10D,21D,22D. The van der Waals surface area contributed by atoms with Gasteiger partial charge in [-0.3, -0.25) is 0 Å². The molecule has 0 fully saturated rings. The van der Waals surface area contributed by atoms with Crippen LogP contribution < -0.4 is 0 Å². The highest BCUT2D eigenvalue weighted by Crippen LogP contribution is 2.39. The van der Waals surface area contributed by atoms with E-state index in [2.05, 4.69) is 59.2 Å². The third-order valence-corrected chi connectivity index (χ3v) is 9.92. The summed E-state index contributed by atoms with van der Waals surface area (Å²) in [5.41, 5.74) is 9.46. The van der Waals surface area contributed by atoms with Crippen molar-refractivity contribution in [1.82, 2.24) is 19.5 Å². The summed E-state index contributed by atoms with van der Waals surface area (Å²) in [6.07, 6.45) is 0. The van der Waals surface area contributed by atoms with E-state index in [0.29, 0.717) is 34.3 Å². The second-order valence-electron chi connectivity index (χ2n) is 13.3. The summed E-state index contributed by atoms with van der Waals surface area (Å²) < 4.78 is 45.6. The third kappa shape index (κ3) is 6.06. The molecule has 4 heteroatoms. The van der Waals surface area contributed by atoms with Crippen LogP contribution in [0.15, 0.2) is 206 Å². The van der Waals surface area contributed by atoms with E-state index in [0.717, 1.165) is 55.2 Å². The minimum Gasteiger partial charge on any atom is -0.309 e. The monoisotopic (exact) mass is 707 g/mol. The normalized spacial score (nSPS) is 12.5. The quantitative estimate of drug-likeness (QED) is 0.166. The Labute approximate surface area is 326 Å². The first-order chi connectivity index (χ1) is 29.3. The third-order valence-electron chi connectivity index (χ3n) is 9.92. The average molecular weight is 708 g/mol. The fraction of sp³-hybridized carbons (Fsp3) is 0. The van der Waals surface area contributed by atoms with Gasteiger partial charge in [0.1, 0.15) is 0 Å². The van der Waals surface area contributed by atoms with Crippen molar-refractivity contribution in [2.45, 2.75) is 0 Å². The number of benzene rings is 8. The minimum absolute atomic E-state index is 0.108. The number of aromatic nitrogens is 4. The number of nitrogens with zero attached hydrogens (tertiary/aromatic N) is 4. The van der Waals surface area contributed by atoms with E-state index < -0.39 is 18.1 Å². The van der Waals surface area contributed by atoms with Gasteiger partial charge in [-0.2, -0.15) is 0 Å². The lowest BCUT2D eigenvalue weighted by molar-refractivity contribution is 1.07. The largest absolute Gasteiger partial charge is 0.309 e. The summed E-state index contributed by atoms with van der Waals surface area (Å²) in [4.78, 5) is 15.4. The predicted molar refractivity (Wildman–Crippen MR) is 227 cm³/mol. The number of para-hydroxylation sites is 2. The van der Waals surface area contributed by atoms with E-state index in [1.54, 1.807) is 0 Å². The molecule has 0 aliphatic rings. The number of hydrogen-bond acceptors (Lipinski definition) is 3. The van der Waals surface area contributed by atoms with Gasteiger partial charge in [-0.05, 0) is 64.2 Å². The molecule has 10 aromatic rings. The molecule has 0 saturated carbocycles. The van der Waals surface area contributed by atoms with Gasteiger partial charge in [-0.15, -0.1) is 0 Å². The van der Waals surface area contributed by atoms with Crippen molar-refractivity contribution in [1.29, 1.82) is 0 Å². The van der Waals surface area contributed by atoms with Crippen molar-refractivity contribution in [3.05, 3.63) is 206 Å². The molecule has 0 radical (unpaired) electrons. The summed E-state index contributed by atoms with van der Waals surface area (Å²) in [5.74, 6) is 1.40. The number of hydrogen-bond donors (Lipinski definition) is 0. The summed E-state index contributed by atoms with van der Waals surface area (Å²) >= 11 is 0. The summed E-state index contributed by atoms with van der Waals surface area (Å²) in [6, 6.07) is 56.7. The first-order valence-corrected chi connectivity index (χ1v) is 18.1. The van der Waals surface area contributed by atoms with Crippen LogP contribution in [0, 0.1) is 0 Å². The maximum absolute atomic E-state index is 9.03. The van der Waals surface area contributed by atoms with Crippen molar-refractivity contribution in [2.75, 3.05) is 0 Å². The SMILES string of the molecule is [2H]c1c([2H])c([2H])c(-c2ccc(-c3nc(-c4ccccc4)nc(-c4cc(-c5ccccc5)cc(-c5ccccc5)c4)n3)cc2-n2c3ccccc3c3ccccc32)c([2H])c1[2H]. The molecule has 55 heavy (non-hydrogen) atoms. The van der Waals surface area contributed by atoms with Crippen LogP contribution in [0.25, 0.3) is 95.0 Å². The number of rotatable bonds is 7. The Morgan fingerprint density at radius 3 is 1.36 bits per heavy atom. The Balaban J connectivity index is 1.26. The lowest BCUT2D eigenvalue weighted by Gasteiger charge is -2.16. The molecule has 2 aromatic heterocycles. The number of fused-ring (bicyclic) bond motifs is 3. The molecule has 0 bridgehead atoms. The van der Waals surface area contributed by atoms with Crippen molar-refractivity contribution >= 4 is 21.8 Å². The van der Waals surface area contributed by atoms with Gasteiger partial charge < -0.3 is 4.57 Å². The van der Waals surface area contributed by atoms with Crippen molar-refractivity contribution in [3.63, 3.8) is 0 Å². The van der Waals surface area contributed by atoms with Crippen LogP contribution in [0.1, 0.15) is 6.85 Å². The lowest BCUT2D eigenvalue weighted by atomic mass is 9.96. The molecule has 0 atom stereocenters. The maximum Gasteiger partial charge on any atom is 0.164 e. The van der Waals surface area contributed by atoms with Crippen LogP contribution in [-0.2, 0) is 0 Å². The van der Waals surface area contributed by atoms with Crippen molar-refractivity contribution < 1.29 is 6.85 Å². The van der Waals surface area contributed by atoms with E-state index >= 15 is 0 Å². The van der Waals surface area contributed by atoms with Gasteiger partial charge in [0.15, 0.2) is 17.5 Å². The van der Waals surface area contributed by atoms with Gasteiger partial charge in [0.05, 0.1) is 23.6 Å². The van der Waals surface area contributed by atoms with Crippen LogP contribution in [0.3, 0.4) is 0 Å². The topological polar surface area (TPSA) is 43.6 Å². The molecular weight excluding hydrogens is 669 g/mol. The Morgan fingerprint density at radius 1 is 0.345 bits per heavy atom. The second kappa shape index (κ2) is 13.8. The second-order valence-corrected chi connectivity index (χ2v) is 13.3. The molecule has 0 N–H and O–H groups in total. The van der Waals surface area contributed by atoms with Crippen molar-refractivity contribution in [2.24, 2.45) is 0 Å². The minimum atomic E-state index is -0.443. The highest BCUT2D eigenvalue weighted by Gasteiger charge is 2.19. The Kier molecular flexibility index (Phi) is 6.85. The van der Waals surface area contributed by atoms with Crippen LogP contribution in [-0.4, -0.2) is 19.5 Å². The summed E-state index contributed by atoms with van der Waals surface area (Å²) in [6.45, 7) is 0. The molecule has 10 rings (SSSR count). The molecule has 2 heterocycles. The van der Waals surface area contributed by atoms with Crippen LogP contribution in [0.4, 0.5) is 0 Å². The van der Waals surface area contributed by atoms with Gasteiger partial charge >= 0.3 is 0 Å². The molecule has 4 nitrogen and oxygen atoms in total. The molecule has 258 valence electrons. The molecule has 0 saturated heterocycles. The van der Waals surface area contributed by atoms with E-state index in [4.69, 9.17) is 21.8 Å². The zero-order chi connectivity index (χ0) is 40.9. The Bertz CT molecular complexity index is 3120. The first kappa shape index (κ1) is 27.2. The molecule has 0 spiro atoms. The fourth-order valence-corrected chi connectivity index (χ4v) is 7.34. The van der Waals surface area contributed by atoms with Crippen molar-refractivity contribution in [3.8, 4) is 73.2 Å². The highest BCUT2D eigenvalue weighted by molar-refractivity contribution is 6.09. The molecule has 0 amide bonds. The van der Waals surface area contributed by atoms with Crippen LogP contribution >= 0.6 is 0 Å². The van der Waals surface area contributed by atoms with Gasteiger partial charge in [0.2, 0.25) is 0 Å². The fourth-order valence-electron chi connectivity index (χ4n) is 7.34. The Hall–Kier alpha value is -7.43. The Morgan fingerprint density at radius 2 is 0.800 bits per heavy atom. The molecule has 0 aliphatic heterocycles. The predicted octanol–water partition coefficient (Wildman–Crippen LogP) is 13.0. The van der Waals surface area contributed by atoms with E-state index in [1.165, 1.54) is 0 Å². The molecular formula is C51H34N4. The molecule has 8 aromatic carbocycles. The summed E-state index contributed by atoms with van der Waals surface area (Å²) in [5, 5.41) is 2.04. The first-order valence-electron chi connectivity index (χ1n) is 20.6. The maximum atomic E-state index is 9.03. The van der Waals surface area contributed by atoms with Gasteiger partial charge in [0, 0.05) is 33.0 Å². The smallest absolute Gasteiger partial charge is 0.164 e. The lowest BCUT2D eigenvalue weighted by Crippen LogP contribution is -2.02. The zero-order valence-electron chi connectivity index (χ0n) is 34.5. The van der Waals surface area contributed by atoms with E-state index in [1.807, 2.05) is 121 Å². The van der Waals surface area contributed by atoms with Gasteiger partial charge in [-0.1, -0.05) is 170 Å². The molecule has 0 unspecified atom stereocenters. The van der Waals surface area contributed by atoms with Crippen LogP contribution in [0.2, 0.25) is 0 Å². The van der Waals surface area contributed by atoms with Gasteiger partial charge in [0.25, 0.3) is 0 Å².